The van der Waals surface area contributed by atoms with E-state index in [-0.39, 0.29) is 5.91 Å². The lowest BCUT2D eigenvalue weighted by Gasteiger charge is -2.10. The molecule has 0 unspecified atom stereocenters. The van der Waals surface area contributed by atoms with Crippen LogP contribution >= 0.6 is 11.6 Å². The fourth-order valence-corrected chi connectivity index (χ4v) is 2.96. The van der Waals surface area contributed by atoms with Crippen molar-refractivity contribution in [2.24, 2.45) is 0 Å². The number of hydrogen-bond acceptors (Lipinski definition) is 4. The standard InChI is InChI=1S/C20H19ClN2O3/c1-25-16-8-13(9-17(12-16)26-2)5-6-19(24)23-18-11-15(21)10-14-4-3-7-22-20(14)18/h3-4,7-12H,5-6H2,1-2H3,(H,23,24). The van der Waals surface area contributed by atoms with Crippen molar-refractivity contribution in [1.29, 1.82) is 0 Å². The van der Waals surface area contributed by atoms with E-state index in [0.29, 0.717) is 40.6 Å². The fraction of sp³-hybridized carbons (Fsp3) is 0.200. The molecular weight excluding hydrogens is 352 g/mol. The van der Waals surface area contributed by atoms with Crippen LogP contribution in [0.15, 0.2) is 48.7 Å². The van der Waals surface area contributed by atoms with Crippen molar-refractivity contribution in [2.75, 3.05) is 19.5 Å². The predicted molar refractivity (Wildman–Crippen MR) is 103 cm³/mol. The molecule has 0 aliphatic rings. The molecule has 0 saturated carbocycles. The predicted octanol–water partition coefficient (Wildman–Crippen LogP) is 4.48. The second-order valence-corrected chi connectivity index (χ2v) is 6.23. The number of nitrogens with zero attached hydrogens (tertiary/aromatic N) is 1. The number of carbonyl (C=O) groups is 1. The van der Waals surface area contributed by atoms with Gasteiger partial charge in [-0.1, -0.05) is 17.7 Å². The molecular formula is C20H19ClN2O3. The highest BCUT2D eigenvalue weighted by Crippen LogP contribution is 2.27. The summed E-state index contributed by atoms with van der Waals surface area (Å²) in [7, 11) is 3.20. The first kappa shape index (κ1) is 18.0. The van der Waals surface area contributed by atoms with Crippen molar-refractivity contribution < 1.29 is 14.3 Å². The summed E-state index contributed by atoms with van der Waals surface area (Å²) in [5.41, 5.74) is 2.29. The van der Waals surface area contributed by atoms with E-state index in [1.165, 1.54) is 0 Å². The van der Waals surface area contributed by atoms with Gasteiger partial charge in [-0.25, -0.2) is 0 Å². The van der Waals surface area contributed by atoms with Crippen molar-refractivity contribution in [3.63, 3.8) is 0 Å². The number of fused-ring (bicyclic) bond motifs is 1. The highest BCUT2D eigenvalue weighted by atomic mass is 35.5. The van der Waals surface area contributed by atoms with Gasteiger partial charge in [0.15, 0.2) is 0 Å². The SMILES string of the molecule is COc1cc(CCC(=O)Nc2cc(Cl)cc3cccnc23)cc(OC)c1. The molecule has 0 radical (unpaired) electrons. The zero-order valence-corrected chi connectivity index (χ0v) is 15.3. The van der Waals surface area contributed by atoms with E-state index in [9.17, 15) is 4.79 Å². The van der Waals surface area contributed by atoms with Crippen LogP contribution in [0.25, 0.3) is 10.9 Å². The number of aryl methyl sites for hydroxylation is 1. The maximum absolute atomic E-state index is 12.4. The third kappa shape index (κ3) is 4.24. The number of halogens is 1. The molecule has 3 aromatic rings. The third-order valence-electron chi connectivity index (χ3n) is 4.00. The summed E-state index contributed by atoms with van der Waals surface area (Å²) >= 11 is 6.14. The molecule has 0 spiro atoms. The largest absolute Gasteiger partial charge is 0.497 e. The molecule has 134 valence electrons. The van der Waals surface area contributed by atoms with Gasteiger partial charge >= 0.3 is 0 Å². The number of aromatic nitrogens is 1. The van der Waals surface area contributed by atoms with E-state index < -0.39 is 0 Å². The number of nitrogens with one attached hydrogen (secondary N) is 1. The number of methoxy groups -OCH3 is 2. The number of anilines is 1. The number of amides is 1. The van der Waals surface area contributed by atoms with Crippen molar-refractivity contribution >= 4 is 34.1 Å². The smallest absolute Gasteiger partial charge is 0.224 e. The molecule has 2 aromatic carbocycles. The van der Waals surface area contributed by atoms with Crippen LogP contribution in [0.5, 0.6) is 11.5 Å². The number of rotatable bonds is 6. The maximum atomic E-state index is 12.4. The molecule has 6 heteroatoms. The van der Waals surface area contributed by atoms with Crippen LogP contribution < -0.4 is 14.8 Å². The normalized spacial score (nSPS) is 10.6. The minimum absolute atomic E-state index is 0.110. The molecule has 1 N–H and O–H groups in total. The Labute approximate surface area is 156 Å². The topological polar surface area (TPSA) is 60.5 Å². The number of pyridine rings is 1. The Morgan fingerprint density at radius 1 is 1.12 bits per heavy atom. The summed E-state index contributed by atoms with van der Waals surface area (Å²) in [6, 6.07) is 12.9. The quantitative estimate of drug-likeness (QED) is 0.695. The van der Waals surface area contributed by atoms with Crippen LogP contribution in [0.1, 0.15) is 12.0 Å². The van der Waals surface area contributed by atoms with E-state index >= 15 is 0 Å². The van der Waals surface area contributed by atoms with Gasteiger partial charge in [0, 0.05) is 29.1 Å². The van der Waals surface area contributed by atoms with E-state index in [4.69, 9.17) is 21.1 Å². The second kappa shape index (κ2) is 8.06. The van der Waals surface area contributed by atoms with Crippen molar-refractivity contribution in [3.8, 4) is 11.5 Å². The molecule has 3 rings (SSSR count). The van der Waals surface area contributed by atoms with Crippen LogP contribution in [0.4, 0.5) is 5.69 Å². The average Bonchev–Trinajstić information content (AvgIpc) is 2.66. The Morgan fingerprint density at radius 2 is 1.85 bits per heavy atom. The lowest BCUT2D eigenvalue weighted by Crippen LogP contribution is -2.13. The van der Waals surface area contributed by atoms with Crippen molar-refractivity contribution in [2.45, 2.75) is 12.8 Å². The molecule has 1 amide bonds. The molecule has 0 atom stereocenters. The number of hydrogen-bond donors (Lipinski definition) is 1. The maximum Gasteiger partial charge on any atom is 0.224 e. The molecule has 0 bridgehead atoms. The number of carbonyl (C=O) groups excluding carboxylic acids is 1. The number of benzene rings is 2. The Hall–Kier alpha value is -2.79. The highest BCUT2D eigenvalue weighted by molar-refractivity contribution is 6.32. The fourth-order valence-electron chi connectivity index (χ4n) is 2.73. The molecule has 0 aliphatic heterocycles. The minimum atomic E-state index is -0.110. The zero-order valence-electron chi connectivity index (χ0n) is 14.6. The van der Waals surface area contributed by atoms with Gasteiger partial charge < -0.3 is 14.8 Å². The Morgan fingerprint density at radius 3 is 2.54 bits per heavy atom. The van der Waals surface area contributed by atoms with Crippen LogP contribution in [-0.4, -0.2) is 25.1 Å². The first-order chi connectivity index (χ1) is 12.6. The van der Waals surface area contributed by atoms with Gasteiger partial charge in [0.2, 0.25) is 5.91 Å². The molecule has 26 heavy (non-hydrogen) atoms. The molecule has 5 nitrogen and oxygen atoms in total. The van der Waals surface area contributed by atoms with Crippen LogP contribution in [0, 0.1) is 0 Å². The van der Waals surface area contributed by atoms with Gasteiger partial charge in [-0.2, -0.15) is 0 Å². The van der Waals surface area contributed by atoms with Gasteiger partial charge in [-0.15, -0.1) is 0 Å². The van der Waals surface area contributed by atoms with Crippen LogP contribution in [0.2, 0.25) is 5.02 Å². The van der Waals surface area contributed by atoms with E-state index in [2.05, 4.69) is 10.3 Å². The van der Waals surface area contributed by atoms with Gasteiger partial charge in [0.1, 0.15) is 11.5 Å². The Kier molecular flexibility index (Phi) is 5.58. The summed E-state index contributed by atoms with van der Waals surface area (Å²) in [5.74, 6) is 1.29. The van der Waals surface area contributed by atoms with Crippen molar-refractivity contribution in [1.82, 2.24) is 4.98 Å². The Bertz CT molecular complexity index is 921. The zero-order chi connectivity index (χ0) is 18.5. The lowest BCUT2D eigenvalue weighted by atomic mass is 10.1. The van der Waals surface area contributed by atoms with E-state index in [0.717, 1.165) is 10.9 Å². The van der Waals surface area contributed by atoms with Gasteiger partial charge in [-0.05, 0) is 42.3 Å². The van der Waals surface area contributed by atoms with Gasteiger partial charge in [0.25, 0.3) is 0 Å². The molecule has 1 heterocycles. The molecule has 0 aliphatic carbocycles. The lowest BCUT2D eigenvalue weighted by molar-refractivity contribution is -0.116. The minimum Gasteiger partial charge on any atom is -0.497 e. The highest BCUT2D eigenvalue weighted by Gasteiger charge is 2.10. The first-order valence-corrected chi connectivity index (χ1v) is 8.53. The summed E-state index contributed by atoms with van der Waals surface area (Å²) in [5, 5.41) is 4.34. The van der Waals surface area contributed by atoms with Crippen molar-refractivity contribution in [3.05, 3.63) is 59.2 Å². The second-order valence-electron chi connectivity index (χ2n) is 5.80. The molecule has 0 saturated heterocycles. The monoisotopic (exact) mass is 370 g/mol. The summed E-state index contributed by atoms with van der Waals surface area (Å²) in [4.78, 5) is 16.7. The summed E-state index contributed by atoms with van der Waals surface area (Å²) < 4.78 is 10.5. The molecule has 0 fully saturated rings. The Balaban J connectivity index is 1.72. The summed E-state index contributed by atoms with van der Waals surface area (Å²) in [6.07, 6.45) is 2.57. The van der Waals surface area contributed by atoms with E-state index in [1.54, 1.807) is 32.5 Å². The summed E-state index contributed by atoms with van der Waals surface area (Å²) in [6.45, 7) is 0. The van der Waals surface area contributed by atoms with E-state index in [1.807, 2.05) is 30.3 Å². The number of ether oxygens (including phenoxy) is 2. The first-order valence-electron chi connectivity index (χ1n) is 8.15. The molecule has 1 aromatic heterocycles. The van der Waals surface area contributed by atoms with Crippen LogP contribution in [0.3, 0.4) is 0 Å². The van der Waals surface area contributed by atoms with Gasteiger partial charge in [0.05, 0.1) is 25.4 Å². The third-order valence-corrected chi connectivity index (χ3v) is 4.21. The average molecular weight is 371 g/mol. The van der Waals surface area contributed by atoms with Crippen LogP contribution in [-0.2, 0) is 11.2 Å². The van der Waals surface area contributed by atoms with Gasteiger partial charge in [-0.3, -0.25) is 9.78 Å².